The van der Waals surface area contributed by atoms with Gasteiger partial charge in [0.1, 0.15) is 5.82 Å². The Bertz CT molecular complexity index is 553. The minimum Gasteiger partial charge on any atom is -0.393 e. The van der Waals surface area contributed by atoms with Crippen molar-refractivity contribution in [3.05, 3.63) is 35.6 Å². The minimum absolute atomic E-state index is 0.203. The molecule has 1 aromatic rings. The summed E-state index contributed by atoms with van der Waals surface area (Å²) in [5, 5.41) is -0.564. The summed E-state index contributed by atoms with van der Waals surface area (Å²) in [4.78, 5) is 0.203. The van der Waals surface area contributed by atoms with Crippen molar-refractivity contribution in [2.45, 2.75) is 11.2 Å². The van der Waals surface area contributed by atoms with Crippen LogP contribution in [-0.2, 0) is 9.84 Å². The lowest BCUT2D eigenvalue weighted by Gasteiger charge is -1.99. The van der Waals surface area contributed by atoms with Crippen molar-refractivity contribution in [2.24, 2.45) is 11.7 Å². The molecule has 92 valence electrons. The highest BCUT2D eigenvalue weighted by Crippen LogP contribution is 2.52. The van der Waals surface area contributed by atoms with Crippen LogP contribution < -0.4 is 5.73 Å². The average Bonchev–Trinajstić information content (AvgIpc) is 2.93. The van der Waals surface area contributed by atoms with Gasteiger partial charge in [-0.3, -0.25) is 0 Å². The van der Waals surface area contributed by atoms with Crippen LogP contribution in [-0.4, -0.2) is 24.9 Å². The van der Waals surface area contributed by atoms with E-state index in [1.807, 2.05) is 0 Å². The molecule has 0 bridgehead atoms. The Labute approximate surface area is 105 Å². The molecular weight excluding hydrogens is 261 g/mol. The topological polar surface area (TPSA) is 60.2 Å². The zero-order valence-electron chi connectivity index (χ0n) is 9.13. The van der Waals surface area contributed by atoms with E-state index in [2.05, 4.69) is 0 Å². The highest BCUT2D eigenvalue weighted by atomic mass is 32.2. The van der Waals surface area contributed by atoms with Crippen LogP contribution in [0.2, 0.25) is 0 Å². The lowest BCUT2D eigenvalue weighted by atomic mass is 10.1. The third kappa shape index (κ3) is 2.32. The van der Waals surface area contributed by atoms with E-state index in [0.29, 0.717) is 0 Å². The number of benzene rings is 1. The first-order valence-electron chi connectivity index (χ1n) is 5.06. The molecule has 2 rings (SSSR count). The minimum atomic E-state index is -3.19. The van der Waals surface area contributed by atoms with Crippen molar-refractivity contribution in [3.63, 3.8) is 0 Å². The quantitative estimate of drug-likeness (QED) is 0.842. The maximum Gasteiger partial charge on any atom is 0.151 e. The SMILES string of the molecule is CS(=O)(=O)[C@@H]1[C@@H](C(N)=S)[C@@H]1c1ccc(F)cc1. The molecule has 0 aliphatic heterocycles. The first-order chi connectivity index (χ1) is 7.82. The molecule has 0 unspecified atom stereocenters. The summed E-state index contributed by atoms with van der Waals surface area (Å²) in [6.45, 7) is 0. The molecule has 0 heterocycles. The molecule has 1 fully saturated rings. The van der Waals surface area contributed by atoms with Gasteiger partial charge in [-0.2, -0.15) is 0 Å². The van der Waals surface area contributed by atoms with E-state index in [0.717, 1.165) is 5.56 Å². The van der Waals surface area contributed by atoms with E-state index in [1.54, 1.807) is 12.1 Å². The number of thiocarbonyl (C=S) groups is 1. The van der Waals surface area contributed by atoms with E-state index in [9.17, 15) is 12.8 Å². The Morgan fingerprint density at radius 3 is 2.24 bits per heavy atom. The largest absolute Gasteiger partial charge is 0.393 e. The van der Waals surface area contributed by atoms with Crippen LogP contribution >= 0.6 is 12.2 Å². The Hall–Kier alpha value is -1.01. The first-order valence-corrected chi connectivity index (χ1v) is 7.42. The van der Waals surface area contributed by atoms with Crippen LogP contribution in [0.4, 0.5) is 4.39 Å². The highest BCUT2D eigenvalue weighted by Gasteiger charge is 2.58. The van der Waals surface area contributed by atoms with Gasteiger partial charge in [-0.05, 0) is 17.7 Å². The summed E-state index contributed by atoms with van der Waals surface area (Å²) in [6.07, 6.45) is 1.17. The summed E-state index contributed by atoms with van der Waals surface area (Å²) >= 11 is 4.87. The summed E-state index contributed by atoms with van der Waals surface area (Å²) in [6, 6.07) is 5.78. The zero-order valence-corrected chi connectivity index (χ0v) is 10.8. The summed E-state index contributed by atoms with van der Waals surface area (Å²) in [7, 11) is -3.19. The van der Waals surface area contributed by atoms with Crippen LogP contribution in [0, 0.1) is 11.7 Å². The lowest BCUT2D eigenvalue weighted by molar-refractivity contribution is 0.599. The molecule has 1 aromatic carbocycles. The van der Waals surface area contributed by atoms with Gasteiger partial charge in [-0.25, -0.2) is 12.8 Å². The molecule has 3 atom stereocenters. The molecule has 0 radical (unpaired) electrons. The fraction of sp³-hybridized carbons (Fsp3) is 0.364. The van der Waals surface area contributed by atoms with E-state index in [1.165, 1.54) is 18.4 Å². The standard InChI is InChI=1S/C11H12FNO2S2/c1-17(14,15)10-8(9(10)11(13)16)6-2-4-7(12)5-3-6/h2-5,8-10H,1H3,(H2,13,16)/t8-,9-,10-/m0/s1. The van der Waals surface area contributed by atoms with Gasteiger partial charge in [-0.15, -0.1) is 0 Å². The molecule has 6 heteroatoms. The van der Waals surface area contributed by atoms with Crippen molar-refractivity contribution in [1.82, 2.24) is 0 Å². The third-order valence-electron chi connectivity index (χ3n) is 3.03. The van der Waals surface area contributed by atoms with Gasteiger partial charge in [0.25, 0.3) is 0 Å². The number of rotatable bonds is 3. The fourth-order valence-electron chi connectivity index (χ4n) is 2.24. The number of hydrogen-bond acceptors (Lipinski definition) is 3. The van der Waals surface area contributed by atoms with Crippen molar-refractivity contribution in [3.8, 4) is 0 Å². The van der Waals surface area contributed by atoms with E-state index in [-0.39, 0.29) is 22.6 Å². The molecule has 2 N–H and O–H groups in total. The predicted molar refractivity (Wildman–Crippen MR) is 68.0 cm³/mol. The van der Waals surface area contributed by atoms with Gasteiger partial charge in [0.05, 0.1) is 10.2 Å². The number of sulfone groups is 1. The number of hydrogen-bond donors (Lipinski definition) is 1. The Morgan fingerprint density at radius 2 is 1.88 bits per heavy atom. The molecule has 1 aliphatic rings. The molecule has 17 heavy (non-hydrogen) atoms. The van der Waals surface area contributed by atoms with Crippen molar-refractivity contribution in [1.29, 1.82) is 0 Å². The van der Waals surface area contributed by atoms with Crippen LogP contribution in [0.5, 0.6) is 0 Å². The molecule has 0 saturated heterocycles. The summed E-state index contributed by atoms with van der Waals surface area (Å²) < 4.78 is 35.9. The fourth-order valence-corrected chi connectivity index (χ4v) is 4.23. The van der Waals surface area contributed by atoms with E-state index in [4.69, 9.17) is 18.0 Å². The van der Waals surface area contributed by atoms with Crippen molar-refractivity contribution >= 4 is 27.0 Å². The normalized spacial score (nSPS) is 27.8. The second-order valence-corrected chi connectivity index (χ2v) is 6.97. The molecule has 3 nitrogen and oxygen atoms in total. The van der Waals surface area contributed by atoms with Crippen molar-refractivity contribution in [2.75, 3.05) is 6.26 Å². The van der Waals surface area contributed by atoms with Crippen LogP contribution in [0.25, 0.3) is 0 Å². The molecular formula is C11H12FNO2S2. The van der Waals surface area contributed by atoms with Gasteiger partial charge in [0.2, 0.25) is 0 Å². The Morgan fingerprint density at radius 1 is 1.35 bits per heavy atom. The molecule has 0 spiro atoms. The van der Waals surface area contributed by atoms with E-state index >= 15 is 0 Å². The van der Waals surface area contributed by atoms with Gasteiger partial charge in [0.15, 0.2) is 9.84 Å². The molecule has 0 aromatic heterocycles. The second-order valence-electron chi connectivity index (χ2n) is 4.30. The summed E-state index contributed by atoms with van der Waals surface area (Å²) in [5.41, 5.74) is 6.30. The number of nitrogens with two attached hydrogens (primary N) is 1. The number of halogens is 1. The van der Waals surface area contributed by atoms with Crippen molar-refractivity contribution < 1.29 is 12.8 Å². The van der Waals surface area contributed by atoms with Gasteiger partial charge < -0.3 is 5.73 Å². The van der Waals surface area contributed by atoms with Crippen LogP contribution in [0.1, 0.15) is 11.5 Å². The predicted octanol–water partition coefficient (Wildman–Crippen LogP) is 1.24. The lowest BCUT2D eigenvalue weighted by Crippen LogP contribution is -2.16. The highest BCUT2D eigenvalue weighted by molar-refractivity contribution is 7.91. The molecule has 0 amide bonds. The van der Waals surface area contributed by atoms with Gasteiger partial charge >= 0.3 is 0 Å². The third-order valence-corrected chi connectivity index (χ3v) is 4.88. The average molecular weight is 273 g/mol. The van der Waals surface area contributed by atoms with Crippen LogP contribution in [0.15, 0.2) is 24.3 Å². The van der Waals surface area contributed by atoms with Gasteiger partial charge in [0, 0.05) is 18.1 Å². The maximum absolute atomic E-state index is 12.8. The Kier molecular flexibility index (Phi) is 2.95. The maximum atomic E-state index is 12.8. The Balaban J connectivity index is 2.34. The second kappa shape index (κ2) is 4.03. The smallest absolute Gasteiger partial charge is 0.151 e. The van der Waals surface area contributed by atoms with E-state index < -0.39 is 15.1 Å². The molecule has 1 aliphatic carbocycles. The molecule has 1 saturated carbocycles. The van der Waals surface area contributed by atoms with Gasteiger partial charge in [-0.1, -0.05) is 24.4 Å². The monoisotopic (exact) mass is 273 g/mol. The van der Waals surface area contributed by atoms with Crippen LogP contribution in [0.3, 0.4) is 0 Å². The summed E-state index contributed by atoms with van der Waals surface area (Å²) in [5.74, 6) is -0.911. The first kappa shape index (κ1) is 12.4. The zero-order chi connectivity index (χ0) is 12.8.